The maximum atomic E-state index is 13.8. The molecule has 1 N–H and O–H groups in total. The van der Waals surface area contributed by atoms with Crippen molar-refractivity contribution in [2.24, 2.45) is 0 Å². The Bertz CT molecular complexity index is 1250. The van der Waals surface area contributed by atoms with Gasteiger partial charge in [-0.2, -0.15) is 0 Å². The quantitative estimate of drug-likeness (QED) is 0.422. The summed E-state index contributed by atoms with van der Waals surface area (Å²) in [6.45, 7) is 5.67. The lowest BCUT2D eigenvalue weighted by Crippen LogP contribution is -2.53. The number of rotatable bonds is 11. The van der Waals surface area contributed by atoms with Crippen LogP contribution in [0.4, 0.5) is 5.69 Å². The van der Waals surface area contributed by atoms with Crippen LogP contribution in [0.25, 0.3) is 0 Å². The Balaban J connectivity index is 2.00. The highest BCUT2D eigenvalue weighted by molar-refractivity contribution is 7.92. The van der Waals surface area contributed by atoms with Crippen LogP contribution in [0.2, 0.25) is 10.0 Å². The first-order chi connectivity index (χ1) is 18.0. The summed E-state index contributed by atoms with van der Waals surface area (Å²) in [4.78, 5) is 28.4. The van der Waals surface area contributed by atoms with Crippen LogP contribution in [0.1, 0.15) is 39.2 Å². The molecule has 0 bridgehead atoms. The number of amides is 2. The summed E-state index contributed by atoms with van der Waals surface area (Å²) >= 11 is 12.8. The molecule has 0 saturated carbocycles. The number of ether oxygens (including phenoxy) is 2. The van der Waals surface area contributed by atoms with Gasteiger partial charge in [-0.25, -0.2) is 8.42 Å². The van der Waals surface area contributed by atoms with Crippen LogP contribution in [-0.4, -0.2) is 63.2 Å². The van der Waals surface area contributed by atoms with E-state index in [1.807, 2.05) is 13.8 Å². The molecular formula is C26H33Cl2N3O6S. The molecule has 9 nitrogen and oxygen atoms in total. The fourth-order valence-electron chi connectivity index (χ4n) is 4.02. The smallest absolute Gasteiger partial charge is 0.244 e. The van der Waals surface area contributed by atoms with E-state index in [9.17, 15) is 18.0 Å². The van der Waals surface area contributed by atoms with E-state index in [1.54, 1.807) is 37.3 Å². The van der Waals surface area contributed by atoms with Crippen LogP contribution in [0.5, 0.6) is 11.5 Å². The molecule has 1 heterocycles. The molecule has 0 aliphatic carbocycles. The van der Waals surface area contributed by atoms with E-state index in [0.717, 1.165) is 10.6 Å². The molecule has 12 heteroatoms. The Kier molecular flexibility index (Phi) is 10.1. The maximum Gasteiger partial charge on any atom is 0.244 e. The summed E-state index contributed by atoms with van der Waals surface area (Å²) in [6.07, 6.45) is 2.01. The topological polar surface area (TPSA) is 105 Å². The standard InChI is InChI=1S/C26H33Cl2N3O6S/c1-5-17(3)29-26(33)22(6-2)30(15-19-20(27)8-7-9-21(19)28)25(32)16-31(38(4,34)35)18-10-11-23-24(14-18)37-13-12-36-23/h7-11,14,17,22H,5-6,12-13,15-16H2,1-4H3,(H,29,33)/t17-,22-/m0/s1. The number of nitrogens with one attached hydrogen (secondary N) is 1. The second-order valence-electron chi connectivity index (χ2n) is 9.06. The van der Waals surface area contributed by atoms with Gasteiger partial charge in [0.05, 0.1) is 11.9 Å². The third kappa shape index (κ3) is 7.24. The molecule has 1 aliphatic rings. The van der Waals surface area contributed by atoms with Gasteiger partial charge in [-0.1, -0.05) is 43.1 Å². The van der Waals surface area contributed by atoms with Crippen LogP contribution in [0.15, 0.2) is 36.4 Å². The molecule has 2 amide bonds. The molecule has 2 atom stereocenters. The Morgan fingerprint density at radius 2 is 1.66 bits per heavy atom. The summed E-state index contributed by atoms with van der Waals surface area (Å²) in [6, 6.07) is 8.64. The normalized spacial score (nSPS) is 14.4. The van der Waals surface area contributed by atoms with Gasteiger partial charge < -0.3 is 19.7 Å². The molecule has 2 aromatic rings. The van der Waals surface area contributed by atoms with E-state index in [2.05, 4.69) is 5.32 Å². The van der Waals surface area contributed by atoms with Gasteiger partial charge in [0.25, 0.3) is 0 Å². The number of hydrogen-bond acceptors (Lipinski definition) is 6. The largest absolute Gasteiger partial charge is 0.486 e. The van der Waals surface area contributed by atoms with Crippen molar-refractivity contribution >= 4 is 50.7 Å². The van der Waals surface area contributed by atoms with Crippen molar-refractivity contribution in [1.29, 1.82) is 0 Å². The van der Waals surface area contributed by atoms with Crippen molar-refractivity contribution in [1.82, 2.24) is 10.2 Å². The maximum absolute atomic E-state index is 13.8. The number of hydrogen-bond donors (Lipinski definition) is 1. The summed E-state index contributed by atoms with van der Waals surface area (Å²) < 4.78 is 37.8. The van der Waals surface area contributed by atoms with Crippen LogP contribution < -0.4 is 19.1 Å². The number of benzene rings is 2. The Morgan fingerprint density at radius 3 is 2.24 bits per heavy atom. The molecule has 2 aromatic carbocycles. The van der Waals surface area contributed by atoms with Gasteiger partial charge in [-0.15, -0.1) is 0 Å². The lowest BCUT2D eigenvalue weighted by molar-refractivity contribution is -0.140. The second-order valence-corrected chi connectivity index (χ2v) is 11.8. The SMILES string of the molecule is CC[C@H](C)NC(=O)[C@H](CC)N(Cc1c(Cl)cccc1Cl)C(=O)CN(c1ccc2c(c1)OCCO2)S(C)(=O)=O. The molecule has 0 radical (unpaired) electrons. The number of fused-ring (bicyclic) bond motifs is 1. The van der Waals surface area contributed by atoms with Crippen molar-refractivity contribution in [3.8, 4) is 11.5 Å². The number of anilines is 1. The van der Waals surface area contributed by atoms with Crippen molar-refractivity contribution < 1.29 is 27.5 Å². The monoisotopic (exact) mass is 585 g/mol. The zero-order valence-corrected chi connectivity index (χ0v) is 24.2. The van der Waals surface area contributed by atoms with Gasteiger partial charge in [0.1, 0.15) is 25.8 Å². The van der Waals surface area contributed by atoms with Gasteiger partial charge in [0.15, 0.2) is 11.5 Å². The van der Waals surface area contributed by atoms with E-state index >= 15 is 0 Å². The van der Waals surface area contributed by atoms with Gasteiger partial charge in [-0.3, -0.25) is 13.9 Å². The first-order valence-corrected chi connectivity index (χ1v) is 15.0. The number of nitrogens with zero attached hydrogens (tertiary/aromatic N) is 2. The first kappa shape index (κ1) is 29.9. The molecule has 0 saturated heterocycles. The van der Waals surface area contributed by atoms with E-state index < -0.39 is 28.5 Å². The Hall–Kier alpha value is -2.69. The van der Waals surface area contributed by atoms with Crippen molar-refractivity contribution in [3.63, 3.8) is 0 Å². The molecule has 1 aliphatic heterocycles. The average molecular weight is 587 g/mol. The molecule has 0 fully saturated rings. The number of halogens is 2. The van der Waals surface area contributed by atoms with E-state index in [4.69, 9.17) is 32.7 Å². The minimum Gasteiger partial charge on any atom is -0.486 e. The fraction of sp³-hybridized carbons (Fsp3) is 0.462. The zero-order chi connectivity index (χ0) is 28.0. The van der Waals surface area contributed by atoms with E-state index in [0.29, 0.717) is 53.2 Å². The lowest BCUT2D eigenvalue weighted by atomic mass is 10.1. The molecule has 3 rings (SSSR count). The fourth-order valence-corrected chi connectivity index (χ4v) is 5.37. The van der Waals surface area contributed by atoms with Gasteiger partial charge in [0, 0.05) is 34.3 Å². The summed E-state index contributed by atoms with van der Waals surface area (Å²) in [5.41, 5.74) is 0.696. The van der Waals surface area contributed by atoms with E-state index in [-0.39, 0.29) is 24.2 Å². The summed E-state index contributed by atoms with van der Waals surface area (Å²) in [5.74, 6) is -0.0625. The Labute approximate surface area is 234 Å². The van der Waals surface area contributed by atoms with E-state index in [1.165, 1.54) is 11.0 Å². The number of carbonyl (C=O) groups excluding carboxylic acids is 2. The lowest BCUT2D eigenvalue weighted by Gasteiger charge is -2.34. The predicted molar refractivity (Wildman–Crippen MR) is 149 cm³/mol. The highest BCUT2D eigenvalue weighted by atomic mass is 35.5. The third-order valence-electron chi connectivity index (χ3n) is 6.27. The summed E-state index contributed by atoms with van der Waals surface area (Å²) in [5, 5.41) is 3.58. The number of sulfonamides is 1. The van der Waals surface area contributed by atoms with Gasteiger partial charge >= 0.3 is 0 Å². The average Bonchev–Trinajstić information content (AvgIpc) is 2.87. The highest BCUT2D eigenvalue weighted by Gasteiger charge is 2.33. The zero-order valence-electron chi connectivity index (χ0n) is 21.9. The van der Waals surface area contributed by atoms with Crippen molar-refractivity contribution in [3.05, 3.63) is 52.0 Å². The van der Waals surface area contributed by atoms with Crippen LogP contribution in [-0.2, 0) is 26.2 Å². The molecule has 38 heavy (non-hydrogen) atoms. The first-order valence-electron chi connectivity index (χ1n) is 12.4. The summed E-state index contributed by atoms with van der Waals surface area (Å²) in [7, 11) is -3.90. The molecular weight excluding hydrogens is 553 g/mol. The van der Waals surface area contributed by atoms with Crippen molar-refractivity contribution in [2.75, 3.05) is 30.3 Å². The van der Waals surface area contributed by atoms with Crippen molar-refractivity contribution in [2.45, 2.75) is 52.2 Å². The molecule has 0 spiro atoms. The minimum atomic E-state index is -3.90. The predicted octanol–water partition coefficient (Wildman–Crippen LogP) is 4.25. The second kappa shape index (κ2) is 12.9. The Morgan fingerprint density at radius 1 is 1.03 bits per heavy atom. The number of carbonyl (C=O) groups is 2. The van der Waals surface area contributed by atoms with Gasteiger partial charge in [0.2, 0.25) is 21.8 Å². The van der Waals surface area contributed by atoms with Crippen LogP contribution >= 0.6 is 23.2 Å². The molecule has 208 valence electrons. The van der Waals surface area contributed by atoms with Crippen LogP contribution in [0, 0.1) is 0 Å². The third-order valence-corrected chi connectivity index (χ3v) is 8.12. The van der Waals surface area contributed by atoms with Crippen LogP contribution in [0.3, 0.4) is 0 Å². The molecule has 0 unspecified atom stereocenters. The minimum absolute atomic E-state index is 0.0808. The van der Waals surface area contributed by atoms with Gasteiger partial charge in [-0.05, 0) is 44.0 Å². The molecule has 0 aromatic heterocycles. The highest BCUT2D eigenvalue weighted by Crippen LogP contribution is 2.35.